The lowest BCUT2D eigenvalue weighted by Gasteiger charge is -2.23. The molecule has 4 aromatic rings. The third-order valence-corrected chi connectivity index (χ3v) is 6.69. The number of aromatic nitrogens is 1. The van der Waals surface area contributed by atoms with Gasteiger partial charge in [0.25, 0.3) is 5.91 Å². The molecule has 11 heteroatoms. The molecule has 4 rings (SSSR count). The van der Waals surface area contributed by atoms with Gasteiger partial charge >= 0.3 is 6.09 Å². The normalized spacial score (nSPS) is 11.4. The largest absolute Gasteiger partial charge is 0.489 e. The Bertz CT molecular complexity index is 1790. The SMILES string of the molecule is COCC(OC(=O)NC(C)(C)C)c1ccc(NC(=O)c2ccc(OCc3ccccc3C#N)cc2OCc2ccccc2C#N)nc1. The molecule has 0 saturated carbocycles. The first-order chi connectivity index (χ1) is 22.6. The van der Waals surface area contributed by atoms with Crippen molar-refractivity contribution in [2.45, 2.75) is 45.6 Å². The second-order valence-corrected chi connectivity index (χ2v) is 11.4. The Morgan fingerprint density at radius 3 is 2.09 bits per heavy atom. The van der Waals surface area contributed by atoms with Crippen molar-refractivity contribution in [3.63, 3.8) is 0 Å². The minimum Gasteiger partial charge on any atom is -0.489 e. The van der Waals surface area contributed by atoms with Gasteiger partial charge in [0.15, 0.2) is 6.10 Å². The van der Waals surface area contributed by atoms with Gasteiger partial charge in [0.05, 0.1) is 35.4 Å². The van der Waals surface area contributed by atoms with E-state index in [1.54, 1.807) is 72.8 Å². The van der Waals surface area contributed by atoms with Gasteiger partial charge in [0, 0.05) is 41.6 Å². The Hall–Kier alpha value is -5.91. The van der Waals surface area contributed by atoms with E-state index in [1.165, 1.54) is 13.3 Å². The van der Waals surface area contributed by atoms with Crippen LogP contribution >= 0.6 is 0 Å². The molecular weight excluding hydrogens is 598 g/mol. The molecule has 0 fully saturated rings. The molecular formula is C36H35N5O6. The van der Waals surface area contributed by atoms with Gasteiger partial charge in [-0.15, -0.1) is 0 Å². The van der Waals surface area contributed by atoms with Gasteiger partial charge in [-0.05, 0) is 51.1 Å². The Morgan fingerprint density at radius 1 is 0.872 bits per heavy atom. The Morgan fingerprint density at radius 2 is 1.51 bits per heavy atom. The molecule has 1 atom stereocenters. The van der Waals surface area contributed by atoms with Crippen LogP contribution in [0.5, 0.6) is 11.5 Å². The molecule has 11 nitrogen and oxygen atoms in total. The van der Waals surface area contributed by atoms with Crippen LogP contribution in [0.15, 0.2) is 85.1 Å². The van der Waals surface area contributed by atoms with Gasteiger partial charge in [-0.25, -0.2) is 9.78 Å². The van der Waals surface area contributed by atoms with Crippen molar-refractivity contribution in [3.8, 4) is 23.6 Å². The summed E-state index contributed by atoms with van der Waals surface area (Å²) < 4.78 is 22.8. The smallest absolute Gasteiger partial charge is 0.408 e. The van der Waals surface area contributed by atoms with Gasteiger partial charge in [-0.3, -0.25) is 4.79 Å². The summed E-state index contributed by atoms with van der Waals surface area (Å²) in [5, 5.41) is 24.4. The molecule has 0 saturated heterocycles. The van der Waals surface area contributed by atoms with Gasteiger partial charge < -0.3 is 29.6 Å². The van der Waals surface area contributed by atoms with E-state index in [1.807, 2.05) is 26.8 Å². The van der Waals surface area contributed by atoms with Crippen LogP contribution in [-0.4, -0.2) is 36.2 Å². The summed E-state index contributed by atoms with van der Waals surface area (Å²) in [6.07, 6.45) is 0.183. The fourth-order valence-corrected chi connectivity index (χ4v) is 4.39. The van der Waals surface area contributed by atoms with Gasteiger partial charge in [0.1, 0.15) is 30.5 Å². The summed E-state index contributed by atoms with van der Waals surface area (Å²) in [7, 11) is 1.50. The Kier molecular flexibility index (Phi) is 11.5. The number of carbonyl (C=O) groups is 2. The van der Waals surface area contributed by atoms with Gasteiger partial charge in [0.2, 0.25) is 0 Å². The molecule has 240 valence electrons. The number of alkyl carbamates (subject to hydrolysis) is 1. The van der Waals surface area contributed by atoms with Crippen molar-refractivity contribution in [1.82, 2.24) is 10.3 Å². The van der Waals surface area contributed by atoms with Crippen molar-refractivity contribution in [2.24, 2.45) is 0 Å². The summed E-state index contributed by atoms with van der Waals surface area (Å²) in [4.78, 5) is 30.2. The van der Waals surface area contributed by atoms with E-state index in [0.717, 1.165) is 0 Å². The number of methoxy groups -OCH3 is 1. The van der Waals surface area contributed by atoms with E-state index in [9.17, 15) is 20.1 Å². The number of nitrogens with one attached hydrogen (secondary N) is 2. The first-order valence-corrected chi connectivity index (χ1v) is 14.7. The Balaban J connectivity index is 1.53. The monoisotopic (exact) mass is 633 g/mol. The van der Waals surface area contributed by atoms with Crippen LogP contribution in [0.4, 0.5) is 10.6 Å². The molecule has 0 aliphatic rings. The Labute approximate surface area is 273 Å². The molecule has 1 aromatic heterocycles. The molecule has 1 unspecified atom stereocenters. The average Bonchev–Trinajstić information content (AvgIpc) is 3.06. The van der Waals surface area contributed by atoms with Crippen molar-refractivity contribution in [2.75, 3.05) is 19.0 Å². The lowest BCUT2D eigenvalue weighted by Crippen LogP contribution is -2.41. The summed E-state index contributed by atoms with van der Waals surface area (Å²) in [5.74, 6) is 0.393. The molecule has 47 heavy (non-hydrogen) atoms. The fraction of sp³-hybridized carbons (Fsp3) is 0.250. The van der Waals surface area contributed by atoms with Crippen molar-refractivity contribution in [3.05, 3.63) is 118 Å². The fourth-order valence-electron chi connectivity index (χ4n) is 4.39. The van der Waals surface area contributed by atoms with Crippen LogP contribution in [-0.2, 0) is 22.7 Å². The number of carbonyl (C=O) groups excluding carboxylic acids is 2. The highest BCUT2D eigenvalue weighted by Crippen LogP contribution is 2.28. The first kappa shape index (κ1) is 34.0. The van der Waals surface area contributed by atoms with E-state index < -0.39 is 23.6 Å². The number of nitriles is 2. The number of amides is 2. The first-order valence-electron chi connectivity index (χ1n) is 14.7. The summed E-state index contributed by atoms with van der Waals surface area (Å²) in [5.41, 5.74) is 2.62. The lowest BCUT2D eigenvalue weighted by molar-refractivity contribution is 0.0352. The third-order valence-electron chi connectivity index (χ3n) is 6.69. The number of ether oxygens (including phenoxy) is 4. The average molecular weight is 634 g/mol. The standard InChI is InChI=1S/C36H35N5O6/c1-36(2,3)41-35(43)47-32(23-44-4)26-13-16-33(39-20-26)40-34(42)30-15-14-29(45-21-27-11-7-5-9-24(27)18-37)17-31(30)46-22-28-12-8-6-10-25(28)19-38/h5-17,20,32H,21-23H2,1-4H3,(H,41,43)(H,39,40,42). The molecule has 0 radical (unpaired) electrons. The van der Waals surface area contributed by atoms with Gasteiger partial charge in [-0.2, -0.15) is 10.5 Å². The van der Waals surface area contributed by atoms with Gasteiger partial charge in [-0.1, -0.05) is 42.5 Å². The number of nitrogens with zero attached hydrogens (tertiary/aromatic N) is 3. The van der Waals surface area contributed by atoms with Crippen molar-refractivity contribution >= 4 is 17.8 Å². The highest BCUT2D eigenvalue weighted by molar-refractivity contribution is 6.05. The molecule has 2 N–H and O–H groups in total. The quantitative estimate of drug-likeness (QED) is 0.179. The zero-order chi connectivity index (χ0) is 33.8. The highest BCUT2D eigenvalue weighted by atomic mass is 16.6. The maximum atomic E-state index is 13.5. The minimum absolute atomic E-state index is 0.0291. The third kappa shape index (κ3) is 9.79. The summed E-state index contributed by atoms with van der Waals surface area (Å²) in [6, 6.07) is 26.5. The van der Waals surface area contributed by atoms with Crippen LogP contribution < -0.4 is 20.1 Å². The molecule has 0 aliphatic carbocycles. The minimum atomic E-state index is -0.719. The second-order valence-electron chi connectivity index (χ2n) is 11.4. The number of benzene rings is 3. The van der Waals surface area contributed by atoms with Crippen LogP contribution in [0.3, 0.4) is 0 Å². The van der Waals surface area contributed by atoms with E-state index in [4.69, 9.17) is 18.9 Å². The lowest BCUT2D eigenvalue weighted by atomic mass is 10.1. The number of hydrogen-bond donors (Lipinski definition) is 2. The highest BCUT2D eigenvalue weighted by Gasteiger charge is 2.22. The number of pyridine rings is 1. The summed E-state index contributed by atoms with van der Waals surface area (Å²) in [6.45, 7) is 5.80. The predicted octanol–water partition coefficient (Wildman–Crippen LogP) is 6.45. The van der Waals surface area contributed by atoms with E-state index >= 15 is 0 Å². The van der Waals surface area contributed by atoms with Crippen molar-refractivity contribution in [1.29, 1.82) is 10.5 Å². The molecule has 1 heterocycles. The molecule has 3 aromatic carbocycles. The molecule has 0 spiro atoms. The number of anilines is 1. The molecule has 0 bridgehead atoms. The number of rotatable bonds is 12. The van der Waals surface area contributed by atoms with Crippen LogP contribution in [0.1, 0.15) is 65.1 Å². The predicted molar refractivity (Wildman–Crippen MR) is 174 cm³/mol. The zero-order valence-electron chi connectivity index (χ0n) is 26.6. The van der Waals surface area contributed by atoms with E-state index in [0.29, 0.717) is 33.6 Å². The molecule has 0 aliphatic heterocycles. The van der Waals surface area contributed by atoms with Crippen LogP contribution in [0.25, 0.3) is 0 Å². The number of hydrogen-bond acceptors (Lipinski definition) is 9. The van der Waals surface area contributed by atoms with E-state index in [2.05, 4.69) is 27.8 Å². The van der Waals surface area contributed by atoms with Crippen LogP contribution in [0, 0.1) is 22.7 Å². The van der Waals surface area contributed by atoms with E-state index in [-0.39, 0.29) is 37.0 Å². The topological polar surface area (TPSA) is 156 Å². The maximum Gasteiger partial charge on any atom is 0.408 e. The van der Waals surface area contributed by atoms with Crippen LogP contribution in [0.2, 0.25) is 0 Å². The maximum absolute atomic E-state index is 13.5. The summed E-state index contributed by atoms with van der Waals surface area (Å²) >= 11 is 0. The zero-order valence-corrected chi connectivity index (χ0v) is 26.6. The second kappa shape index (κ2) is 15.9. The molecule has 2 amide bonds. The van der Waals surface area contributed by atoms with Crippen molar-refractivity contribution < 1.29 is 28.5 Å².